The van der Waals surface area contributed by atoms with Gasteiger partial charge in [-0.2, -0.15) is 10.2 Å². The second kappa shape index (κ2) is 4.11. The summed E-state index contributed by atoms with van der Waals surface area (Å²) in [4.78, 5) is 9.01. The summed E-state index contributed by atoms with van der Waals surface area (Å²) < 4.78 is 5.32. The molecule has 8 heteroatoms. The molecule has 106 valence electrons. The number of aromatic nitrogens is 8. The smallest absolute Gasteiger partial charge is 0.176 e. The summed E-state index contributed by atoms with van der Waals surface area (Å²) in [5.41, 5.74) is 2.63. The van der Waals surface area contributed by atoms with Gasteiger partial charge in [0.1, 0.15) is 12.4 Å². The van der Waals surface area contributed by atoms with Crippen LogP contribution in [0.4, 0.5) is 0 Å². The van der Waals surface area contributed by atoms with Crippen molar-refractivity contribution in [1.82, 2.24) is 39.1 Å². The summed E-state index contributed by atoms with van der Waals surface area (Å²) >= 11 is 0. The van der Waals surface area contributed by atoms with Crippen LogP contribution < -0.4 is 0 Å². The van der Waals surface area contributed by atoms with E-state index in [9.17, 15) is 0 Å². The third-order valence-corrected chi connectivity index (χ3v) is 3.69. The Morgan fingerprint density at radius 2 is 2.05 bits per heavy atom. The molecule has 21 heavy (non-hydrogen) atoms. The molecule has 1 atom stereocenters. The van der Waals surface area contributed by atoms with Crippen molar-refractivity contribution in [3.05, 3.63) is 36.3 Å². The van der Waals surface area contributed by atoms with E-state index in [-0.39, 0.29) is 6.04 Å². The number of aryl methyl sites for hydroxylation is 2. The summed E-state index contributed by atoms with van der Waals surface area (Å²) in [7, 11) is 1.86. The Morgan fingerprint density at radius 1 is 1.19 bits per heavy atom. The molecule has 0 saturated heterocycles. The van der Waals surface area contributed by atoms with Crippen molar-refractivity contribution in [2.75, 3.05) is 0 Å². The van der Waals surface area contributed by atoms with Crippen molar-refractivity contribution in [2.45, 2.75) is 19.9 Å². The quantitative estimate of drug-likeness (QED) is 0.550. The molecule has 0 aliphatic rings. The molecule has 0 radical (unpaired) electrons. The summed E-state index contributed by atoms with van der Waals surface area (Å²) in [6, 6.07) is 1.93. The average molecular weight is 282 g/mol. The first kappa shape index (κ1) is 12.0. The van der Waals surface area contributed by atoms with Gasteiger partial charge in [0.05, 0.1) is 11.6 Å². The van der Waals surface area contributed by atoms with Gasteiger partial charge in [-0.05, 0) is 19.9 Å². The molecular formula is C13H14N8. The minimum absolute atomic E-state index is 0.0355. The van der Waals surface area contributed by atoms with Crippen molar-refractivity contribution < 1.29 is 0 Å². The van der Waals surface area contributed by atoms with Crippen LogP contribution in [0, 0.1) is 6.92 Å². The first-order valence-corrected chi connectivity index (χ1v) is 6.68. The van der Waals surface area contributed by atoms with Gasteiger partial charge in [0.15, 0.2) is 17.1 Å². The van der Waals surface area contributed by atoms with E-state index < -0.39 is 0 Å². The fourth-order valence-corrected chi connectivity index (χ4v) is 2.53. The van der Waals surface area contributed by atoms with Crippen LogP contribution >= 0.6 is 0 Å². The lowest BCUT2D eigenvalue weighted by Gasteiger charge is -2.09. The molecule has 0 aliphatic heterocycles. The molecule has 0 bridgehead atoms. The van der Waals surface area contributed by atoms with Crippen LogP contribution in [0.5, 0.6) is 0 Å². The SMILES string of the molecule is Cc1ccnn1[C@@H](C)c1nc2c3cnn(C)c3ncn2n1. The van der Waals surface area contributed by atoms with E-state index in [0.29, 0.717) is 5.82 Å². The summed E-state index contributed by atoms with van der Waals surface area (Å²) in [6.07, 6.45) is 5.21. The molecule has 8 nitrogen and oxygen atoms in total. The minimum atomic E-state index is -0.0355. The minimum Gasteiger partial charge on any atom is -0.259 e. The maximum atomic E-state index is 4.65. The van der Waals surface area contributed by atoms with Gasteiger partial charge in [-0.25, -0.2) is 14.5 Å². The third kappa shape index (κ3) is 1.65. The third-order valence-electron chi connectivity index (χ3n) is 3.69. The Labute approximate surface area is 120 Å². The van der Waals surface area contributed by atoms with E-state index in [4.69, 9.17) is 0 Å². The molecule has 0 saturated carbocycles. The maximum Gasteiger partial charge on any atom is 0.176 e. The number of hydrogen-bond donors (Lipinski definition) is 0. The Morgan fingerprint density at radius 3 is 2.81 bits per heavy atom. The van der Waals surface area contributed by atoms with Gasteiger partial charge in [0, 0.05) is 18.9 Å². The van der Waals surface area contributed by atoms with E-state index in [1.807, 2.05) is 31.6 Å². The van der Waals surface area contributed by atoms with Gasteiger partial charge >= 0.3 is 0 Å². The van der Waals surface area contributed by atoms with E-state index in [0.717, 1.165) is 22.4 Å². The molecule has 4 heterocycles. The molecule has 0 amide bonds. The molecule has 4 aromatic rings. The van der Waals surface area contributed by atoms with Crippen LogP contribution in [0.25, 0.3) is 16.7 Å². The van der Waals surface area contributed by atoms with Gasteiger partial charge in [-0.3, -0.25) is 9.36 Å². The topological polar surface area (TPSA) is 78.7 Å². The monoisotopic (exact) mass is 282 g/mol. The van der Waals surface area contributed by atoms with E-state index in [1.54, 1.807) is 27.9 Å². The standard InChI is InChI=1S/C13H14N8/c1-8-4-5-15-21(8)9(2)11-17-13-10-6-16-19(3)12(10)14-7-20(13)18-11/h4-7,9H,1-3H3/t9-/m0/s1. The van der Waals surface area contributed by atoms with Crippen LogP contribution in [0.1, 0.15) is 24.5 Å². The lowest BCUT2D eigenvalue weighted by Crippen LogP contribution is -2.11. The Kier molecular flexibility index (Phi) is 2.35. The highest BCUT2D eigenvalue weighted by atomic mass is 15.4. The highest BCUT2D eigenvalue weighted by Gasteiger charge is 2.18. The van der Waals surface area contributed by atoms with Gasteiger partial charge in [-0.1, -0.05) is 0 Å². The molecule has 4 rings (SSSR count). The Balaban J connectivity index is 1.91. The van der Waals surface area contributed by atoms with Gasteiger partial charge in [0.2, 0.25) is 0 Å². The lowest BCUT2D eigenvalue weighted by atomic mass is 10.3. The van der Waals surface area contributed by atoms with Crippen molar-refractivity contribution in [2.24, 2.45) is 7.05 Å². The fraction of sp³-hybridized carbons (Fsp3) is 0.308. The second-order valence-corrected chi connectivity index (χ2v) is 5.08. The van der Waals surface area contributed by atoms with Crippen LogP contribution in [-0.4, -0.2) is 39.1 Å². The number of nitrogens with zero attached hydrogens (tertiary/aromatic N) is 8. The average Bonchev–Trinajstić information content (AvgIpc) is 3.16. The molecule has 0 N–H and O–H groups in total. The molecule has 0 aromatic carbocycles. The Hall–Kier alpha value is -2.77. The number of hydrogen-bond acceptors (Lipinski definition) is 5. The van der Waals surface area contributed by atoms with Gasteiger partial charge < -0.3 is 0 Å². The zero-order valence-electron chi connectivity index (χ0n) is 12.0. The first-order valence-electron chi connectivity index (χ1n) is 6.68. The highest BCUT2D eigenvalue weighted by Crippen LogP contribution is 2.20. The van der Waals surface area contributed by atoms with E-state index >= 15 is 0 Å². The predicted molar refractivity (Wildman–Crippen MR) is 75.8 cm³/mol. The Bertz CT molecular complexity index is 944. The van der Waals surface area contributed by atoms with Gasteiger partial charge in [0.25, 0.3) is 0 Å². The first-order chi connectivity index (χ1) is 10.1. The summed E-state index contributed by atoms with van der Waals surface area (Å²) in [5, 5.41) is 13.9. The number of rotatable bonds is 2. The lowest BCUT2D eigenvalue weighted by molar-refractivity contribution is 0.523. The van der Waals surface area contributed by atoms with Crippen molar-refractivity contribution >= 4 is 16.7 Å². The van der Waals surface area contributed by atoms with Crippen LogP contribution in [0.15, 0.2) is 24.8 Å². The van der Waals surface area contributed by atoms with E-state index in [2.05, 4.69) is 25.3 Å². The van der Waals surface area contributed by atoms with Crippen LogP contribution in [0.3, 0.4) is 0 Å². The van der Waals surface area contributed by atoms with Crippen molar-refractivity contribution in [3.63, 3.8) is 0 Å². The molecule has 0 aliphatic carbocycles. The summed E-state index contributed by atoms with van der Waals surface area (Å²) in [6.45, 7) is 4.04. The van der Waals surface area contributed by atoms with E-state index in [1.165, 1.54) is 0 Å². The van der Waals surface area contributed by atoms with Crippen molar-refractivity contribution in [1.29, 1.82) is 0 Å². The molecule has 0 spiro atoms. The molecular weight excluding hydrogens is 268 g/mol. The molecule has 0 unspecified atom stereocenters. The highest BCUT2D eigenvalue weighted by molar-refractivity contribution is 5.88. The van der Waals surface area contributed by atoms with Gasteiger partial charge in [-0.15, -0.1) is 5.10 Å². The molecule has 0 fully saturated rings. The second-order valence-electron chi connectivity index (χ2n) is 5.08. The normalized spacial score (nSPS) is 13.3. The fourth-order valence-electron chi connectivity index (χ4n) is 2.53. The maximum absolute atomic E-state index is 4.65. The zero-order valence-corrected chi connectivity index (χ0v) is 12.0. The van der Waals surface area contributed by atoms with Crippen molar-refractivity contribution in [3.8, 4) is 0 Å². The zero-order chi connectivity index (χ0) is 14.6. The molecule has 4 aromatic heterocycles. The van der Waals surface area contributed by atoms with Crippen LogP contribution in [-0.2, 0) is 7.05 Å². The largest absolute Gasteiger partial charge is 0.259 e. The number of fused-ring (bicyclic) bond motifs is 3. The summed E-state index contributed by atoms with van der Waals surface area (Å²) in [5.74, 6) is 0.708. The van der Waals surface area contributed by atoms with Crippen LogP contribution in [0.2, 0.25) is 0 Å². The predicted octanol–water partition coefficient (Wildman–Crippen LogP) is 1.13.